The lowest BCUT2D eigenvalue weighted by molar-refractivity contribution is 0.103. The Kier molecular flexibility index (Phi) is 6.60. The number of carbonyl (C=O) groups is 3. The number of ketones is 3. The molecule has 6 heteroatoms. The second kappa shape index (κ2) is 10.8. The van der Waals surface area contributed by atoms with Crippen molar-refractivity contribution in [2.45, 2.75) is 0 Å². The molecule has 216 valence electrons. The second-order valence-electron chi connectivity index (χ2n) is 10.8. The van der Waals surface area contributed by atoms with Gasteiger partial charge in [0.1, 0.15) is 17.2 Å². The van der Waals surface area contributed by atoms with E-state index >= 15 is 0 Å². The summed E-state index contributed by atoms with van der Waals surface area (Å²) in [6, 6.07) is 37.3. The molecule has 45 heavy (non-hydrogen) atoms. The van der Waals surface area contributed by atoms with Crippen molar-refractivity contribution in [1.82, 2.24) is 0 Å². The van der Waals surface area contributed by atoms with Crippen LogP contribution in [-0.4, -0.2) is 32.7 Å². The number of phenols is 3. The lowest BCUT2D eigenvalue weighted by Gasteiger charge is -2.01. The quantitative estimate of drug-likeness (QED) is 0.167. The minimum Gasteiger partial charge on any atom is -0.508 e. The molecule has 0 bridgehead atoms. The van der Waals surface area contributed by atoms with E-state index in [1.165, 1.54) is 0 Å². The standard InChI is InChI=1S/3C13H8O2/c14-11-7-3-6-9-8-4-1-2-5-10(8)13(15)12(9)11;14-11-7-3-6-10-12(11)8-4-1-2-5-9(8)13(10)15;14-8-5-6-11-12(7-8)9-3-1-2-4-10(9)13(11)15/h3*1-7,14H. The monoisotopic (exact) mass is 588 g/mol. The molecule has 3 N–H and O–H groups in total. The van der Waals surface area contributed by atoms with Crippen molar-refractivity contribution in [2.24, 2.45) is 0 Å². The largest absolute Gasteiger partial charge is 0.508 e. The molecule has 3 aliphatic carbocycles. The zero-order valence-electron chi connectivity index (χ0n) is 23.7. The lowest BCUT2D eigenvalue weighted by Crippen LogP contribution is -1.94. The molecule has 0 radical (unpaired) electrons. The number of benzene rings is 6. The third-order valence-corrected chi connectivity index (χ3v) is 8.17. The van der Waals surface area contributed by atoms with Crippen LogP contribution in [0.2, 0.25) is 0 Å². The fourth-order valence-corrected chi connectivity index (χ4v) is 6.12. The summed E-state index contributed by atoms with van der Waals surface area (Å²) in [6.45, 7) is 0. The van der Waals surface area contributed by atoms with E-state index in [1.807, 2.05) is 66.7 Å². The van der Waals surface area contributed by atoms with Gasteiger partial charge in [0, 0.05) is 33.4 Å². The average molecular weight is 589 g/mol. The fourth-order valence-electron chi connectivity index (χ4n) is 6.12. The highest BCUT2D eigenvalue weighted by atomic mass is 16.3. The Balaban J connectivity index is 0.000000108. The molecule has 6 nitrogen and oxygen atoms in total. The molecule has 0 aliphatic heterocycles. The molecular weight excluding hydrogens is 564 g/mol. The molecule has 0 aromatic heterocycles. The predicted molar refractivity (Wildman–Crippen MR) is 171 cm³/mol. The Morgan fingerprint density at radius 3 is 1.38 bits per heavy atom. The Morgan fingerprint density at radius 1 is 0.311 bits per heavy atom. The summed E-state index contributed by atoms with van der Waals surface area (Å²) in [7, 11) is 0. The number of phenolic OH excluding ortho intramolecular Hbond substituents is 3. The summed E-state index contributed by atoms with van der Waals surface area (Å²) in [5, 5.41) is 28.8. The van der Waals surface area contributed by atoms with E-state index in [-0.39, 0.29) is 34.6 Å². The fraction of sp³-hybridized carbons (Fsp3) is 0. The van der Waals surface area contributed by atoms with Crippen molar-refractivity contribution in [3.05, 3.63) is 161 Å². The molecular formula is C39H24O6. The topological polar surface area (TPSA) is 112 Å². The van der Waals surface area contributed by atoms with Crippen LogP contribution in [0.1, 0.15) is 47.8 Å². The summed E-state index contributed by atoms with van der Waals surface area (Å²) in [5.74, 6) is 0.383. The van der Waals surface area contributed by atoms with Crippen LogP contribution in [0.4, 0.5) is 0 Å². The molecule has 0 fully saturated rings. The van der Waals surface area contributed by atoms with Crippen LogP contribution in [0.3, 0.4) is 0 Å². The van der Waals surface area contributed by atoms with Gasteiger partial charge in [0.15, 0.2) is 17.3 Å². The molecule has 0 saturated carbocycles. The molecule has 0 saturated heterocycles. The van der Waals surface area contributed by atoms with Crippen LogP contribution in [0.5, 0.6) is 17.2 Å². The van der Waals surface area contributed by atoms with Crippen LogP contribution in [0, 0.1) is 0 Å². The zero-order chi connectivity index (χ0) is 31.2. The zero-order valence-corrected chi connectivity index (χ0v) is 23.7. The molecule has 6 aromatic carbocycles. The van der Waals surface area contributed by atoms with Gasteiger partial charge in [-0.3, -0.25) is 14.4 Å². The third-order valence-electron chi connectivity index (χ3n) is 8.17. The first-order valence-electron chi connectivity index (χ1n) is 14.2. The molecule has 0 unspecified atom stereocenters. The first-order chi connectivity index (χ1) is 21.8. The maximum Gasteiger partial charge on any atom is 0.197 e. The summed E-state index contributed by atoms with van der Waals surface area (Å²) in [6.07, 6.45) is 0. The van der Waals surface area contributed by atoms with Crippen molar-refractivity contribution in [3.8, 4) is 50.6 Å². The minimum atomic E-state index is -0.0845. The summed E-state index contributed by atoms with van der Waals surface area (Å²) < 4.78 is 0. The van der Waals surface area contributed by atoms with E-state index in [1.54, 1.807) is 60.7 Å². The van der Waals surface area contributed by atoms with Crippen molar-refractivity contribution in [3.63, 3.8) is 0 Å². The first-order valence-corrected chi connectivity index (χ1v) is 14.2. The van der Waals surface area contributed by atoms with Gasteiger partial charge in [-0.2, -0.15) is 0 Å². The van der Waals surface area contributed by atoms with Gasteiger partial charge in [-0.1, -0.05) is 97.1 Å². The summed E-state index contributed by atoms with van der Waals surface area (Å²) in [4.78, 5) is 35.8. The van der Waals surface area contributed by atoms with Crippen LogP contribution in [-0.2, 0) is 0 Å². The smallest absolute Gasteiger partial charge is 0.197 e. The SMILES string of the molecule is O=C1c2ccccc2-c2c(O)cccc21.O=C1c2ccccc2-c2cc(O)ccc21.O=C1c2ccccc2-c2cccc(O)c21. The first kappa shape index (κ1) is 27.6. The van der Waals surface area contributed by atoms with Gasteiger partial charge < -0.3 is 15.3 Å². The molecule has 9 rings (SSSR count). The lowest BCUT2D eigenvalue weighted by atomic mass is 10.1. The predicted octanol–water partition coefficient (Wildman–Crippen LogP) is 7.81. The van der Waals surface area contributed by atoms with Crippen LogP contribution in [0.15, 0.2) is 127 Å². The van der Waals surface area contributed by atoms with Crippen LogP contribution < -0.4 is 0 Å². The van der Waals surface area contributed by atoms with Crippen molar-refractivity contribution >= 4 is 17.3 Å². The molecule has 0 spiro atoms. The molecule has 0 amide bonds. The third kappa shape index (κ3) is 4.48. The highest BCUT2D eigenvalue weighted by Gasteiger charge is 2.29. The Bertz CT molecular complexity index is 2200. The van der Waals surface area contributed by atoms with Crippen LogP contribution >= 0.6 is 0 Å². The Morgan fingerprint density at radius 2 is 0.733 bits per heavy atom. The maximum atomic E-state index is 11.9. The van der Waals surface area contributed by atoms with Gasteiger partial charge in [0.05, 0.1) is 5.56 Å². The van der Waals surface area contributed by atoms with Gasteiger partial charge in [-0.05, 0) is 58.1 Å². The average Bonchev–Trinajstić information content (AvgIpc) is 3.64. The molecule has 0 atom stereocenters. The van der Waals surface area contributed by atoms with Crippen molar-refractivity contribution in [1.29, 1.82) is 0 Å². The number of hydrogen-bond acceptors (Lipinski definition) is 6. The normalized spacial score (nSPS) is 12.4. The number of hydrogen-bond donors (Lipinski definition) is 3. The van der Waals surface area contributed by atoms with E-state index in [0.717, 1.165) is 33.4 Å². The Labute approximate surface area is 258 Å². The van der Waals surface area contributed by atoms with Gasteiger partial charge in [-0.25, -0.2) is 0 Å². The van der Waals surface area contributed by atoms with E-state index in [9.17, 15) is 29.7 Å². The van der Waals surface area contributed by atoms with E-state index in [4.69, 9.17) is 0 Å². The number of aromatic hydroxyl groups is 3. The molecule has 3 aliphatic rings. The van der Waals surface area contributed by atoms with Gasteiger partial charge in [-0.15, -0.1) is 0 Å². The van der Waals surface area contributed by atoms with Crippen molar-refractivity contribution in [2.75, 3.05) is 0 Å². The summed E-state index contributed by atoms with van der Waals surface area (Å²) in [5.41, 5.74) is 8.74. The van der Waals surface area contributed by atoms with Gasteiger partial charge >= 0.3 is 0 Å². The van der Waals surface area contributed by atoms with Crippen LogP contribution in [0.25, 0.3) is 33.4 Å². The summed E-state index contributed by atoms with van der Waals surface area (Å²) >= 11 is 0. The second-order valence-corrected chi connectivity index (χ2v) is 10.8. The highest BCUT2D eigenvalue weighted by Crippen LogP contribution is 2.42. The maximum absolute atomic E-state index is 11.9. The number of fused-ring (bicyclic) bond motifs is 9. The van der Waals surface area contributed by atoms with Gasteiger partial charge in [0.25, 0.3) is 0 Å². The molecule has 6 aromatic rings. The number of rotatable bonds is 0. The van der Waals surface area contributed by atoms with Gasteiger partial charge in [0.2, 0.25) is 0 Å². The molecule has 0 heterocycles. The highest BCUT2D eigenvalue weighted by molar-refractivity contribution is 6.24. The number of carbonyl (C=O) groups excluding carboxylic acids is 3. The minimum absolute atomic E-state index is 0.00324. The van der Waals surface area contributed by atoms with E-state index in [2.05, 4.69) is 0 Å². The Hall–Kier alpha value is -6.27. The van der Waals surface area contributed by atoms with E-state index < -0.39 is 0 Å². The van der Waals surface area contributed by atoms with E-state index in [0.29, 0.717) is 33.4 Å². The van der Waals surface area contributed by atoms with Crippen molar-refractivity contribution < 1.29 is 29.7 Å².